The number of benzene rings is 1. The molecular formula is C16H20O4. The van der Waals surface area contributed by atoms with E-state index in [9.17, 15) is 9.59 Å². The first-order valence-electron chi connectivity index (χ1n) is 6.94. The molecule has 1 aromatic rings. The second kappa shape index (κ2) is 6.07. The van der Waals surface area contributed by atoms with E-state index in [0.717, 1.165) is 25.7 Å². The predicted octanol–water partition coefficient (Wildman–Crippen LogP) is 3.30. The van der Waals surface area contributed by atoms with Crippen LogP contribution in [0.25, 0.3) is 0 Å². The van der Waals surface area contributed by atoms with Gasteiger partial charge < -0.3 is 9.84 Å². The third-order valence-electron chi connectivity index (χ3n) is 4.14. The van der Waals surface area contributed by atoms with Gasteiger partial charge in [-0.3, -0.25) is 9.59 Å². The van der Waals surface area contributed by atoms with Crippen LogP contribution in [0.15, 0.2) is 24.3 Å². The normalized spacial score (nSPS) is 16.9. The largest absolute Gasteiger partial charge is 0.497 e. The number of rotatable bonds is 6. The maximum absolute atomic E-state index is 12.4. The van der Waals surface area contributed by atoms with E-state index in [1.54, 1.807) is 31.4 Å². The Hall–Kier alpha value is -1.84. The monoisotopic (exact) mass is 276 g/mol. The molecule has 1 saturated carbocycles. The van der Waals surface area contributed by atoms with Gasteiger partial charge in [0.05, 0.1) is 13.5 Å². The Kier molecular flexibility index (Phi) is 4.42. The van der Waals surface area contributed by atoms with E-state index in [2.05, 4.69) is 0 Å². The summed E-state index contributed by atoms with van der Waals surface area (Å²) < 4.78 is 5.07. The highest BCUT2D eigenvalue weighted by Crippen LogP contribution is 2.44. The lowest BCUT2D eigenvalue weighted by Crippen LogP contribution is -2.24. The van der Waals surface area contributed by atoms with E-state index in [0.29, 0.717) is 17.7 Å². The quantitative estimate of drug-likeness (QED) is 0.810. The summed E-state index contributed by atoms with van der Waals surface area (Å²) in [5.41, 5.74) is 0.283. The van der Waals surface area contributed by atoms with Crippen molar-refractivity contribution in [3.63, 3.8) is 0 Å². The standard InChI is InChI=1S/C16H20O4/c1-20-13-6-4-12(5-7-13)14(17)10-16(11-15(18)19)8-2-3-9-16/h4-7H,2-3,8-11H2,1H3,(H,18,19). The topological polar surface area (TPSA) is 63.6 Å². The van der Waals surface area contributed by atoms with E-state index < -0.39 is 5.97 Å². The van der Waals surface area contributed by atoms with Crippen molar-refractivity contribution in [1.82, 2.24) is 0 Å². The van der Waals surface area contributed by atoms with Crippen LogP contribution in [0.5, 0.6) is 5.75 Å². The average Bonchev–Trinajstić information content (AvgIpc) is 2.86. The summed E-state index contributed by atoms with van der Waals surface area (Å²) in [7, 11) is 1.58. The zero-order valence-electron chi connectivity index (χ0n) is 11.7. The molecule has 0 spiro atoms. The molecule has 1 aliphatic rings. The summed E-state index contributed by atoms with van der Waals surface area (Å²) >= 11 is 0. The Bertz CT molecular complexity index is 484. The second-order valence-corrected chi connectivity index (χ2v) is 5.61. The van der Waals surface area contributed by atoms with Gasteiger partial charge in [0.25, 0.3) is 0 Å². The molecule has 4 nitrogen and oxygen atoms in total. The van der Waals surface area contributed by atoms with Gasteiger partial charge in [0, 0.05) is 12.0 Å². The molecule has 0 radical (unpaired) electrons. The highest BCUT2D eigenvalue weighted by atomic mass is 16.5. The molecule has 0 unspecified atom stereocenters. The van der Waals surface area contributed by atoms with Crippen molar-refractivity contribution in [1.29, 1.82) is 0 Å². The van der Waals surface area contributed by atoms with E-state index in [1.165, 1.54) is 0 Å². The van der Waals surface area contributed by atoms with Gasteiger partial charge in [-0.2, -0.15) is 0 Å². The van der Waals surface area contributed by atoms with E-state index in [-0.39, 0.29) is 17.6 Å². The number of carbonyl (C=O) groups is 2. The minimum absolute atomic E-state index is 0.0239. The molecule has 1 aromatic carbocycles. The Morgan fingerprint density at radius 3 is 2.25 bits per heavy atom. The number of Topliss-reactive ketones (excluding diaryl/α,β-unsaturated/α-hetero) is 1. The van der Waals surface area contributed by atoms with E-state index in [1.807, 2.05) is 0 Å². The van der Waals surface area contributed by atoms with Gasteiger partial charge in [0.15, 0.2) is 5.78 Å². The van der Waals surface area contributed by atoms with E-state index >= 15 is 0 Å². The van der Waals surface area contributed by atoms with Crippen molar-refractivity contribution < 1.29 is 19.4 Å². The Labute approximate surface area is 118 Å². The minimum atomic E-state index is -0.811. The fourth-order valence-corrected chi connectivity index (χ4v) is 3.08. The van der Waals surface area contributed by atoms with Crippen molar-refractivity contribution in [3.8, 4) is 5.75 Å². The molecule has 0 atom stereocenters. The zero-order chi connectivity index (χ0) is 14.6. The van der Waals surface area contributed by atoms with Gasteiger partial charge in [-0.05, 0) is 42.5 Å². The molecular weight excluding hydrogens is 256 g/mol. The molecule has 4 heteroatoms. The molecule has 108 valence electrons. The van der Waals surface area contributed by atoms with Gasteiger partial charge in [0.2, 0.25) is 0 Å². The molecule has 0 saturated heterocycles. The highest BCUT2D eigenvalue weighted by molar-refractivity contribution is 5.96. The summed E-state index contributed by atoms with van der Waals surface area (Å²) in [6.45, 7) is 0. The van der Waals surface area contributed by atoms with Crippen LogP contribution < -0.4 is 4.74 Å². The Morgan fingerprint density at radius 1 is 1.15 bits per heavy atom. The van der Waals surface area contributed by atoms with Crippen LogP contribution in [0.4, 0.5) is 0 Å². The lowest BCUT2D eigenvalue weighted by molar-refractivity contribution is -0.139. The van der Waals surface area contributed by atoms with Crippen molar-refractivity contribution in [2.75, 3.05) is 7.11 Å². The lowest BCUT2D eigenvalue weighted by atomic mass is 9.77. The smallest absolute Gasteiger partial charge is 0.303 e. The number of hydrogen-bond acceptors (Lipinski definition) is 3. The van der Waals surface area contributed by atoms with Crippen molar-refractivity contribution >= 4 is 11.8 Å². The van der Waals surface area contributed by atoms with Gasteiger partial charge in [-0.15, -0.1) is 0 Å². The van der Waals surface area contributed by atoms with Crippen LogP contribution in [-0.4, -0.2) is 24.0 Å². The molecule has 0 aliphatic heterocycles. The molecule has 2 rings (SSSR count). The van der Waals surface area contributed by atoms with Crippen molar-refractivity contribution in [3.05, 3.63) is 29.8 Å². The number of carboxylic acids is 1. The summed E-state index contributed by atoms with van der Waals surface area (Å²) in [6.07, 6.45) is 4.12. The summed E-state index contributed by atoms with van der Waals surface area (Å²) in [6, 6.07) is 6.99. The number of carbonyl (C=O) groups excluding carboxylic acids is 1. The van der Waals surface area contributed by atoms with E-state index in [4.69, 9.17) is 9.84 Å². The fourth-order valence-electron chi connectivity index (χ4n) is 3.08. The third kappa shape index (κ3) is 3.38. The highest BCUT2D eigenvalue weighted by Gasteiger charge is 2.38. The summed E-state index contributed by atoms with van der Waals surface area (Å²) in [5.74, 6) is -0.0760. The van der Waals surface area contributed by atoms with Crippen molar-refractivity contribution in [2.24, 2.45) is 5.41 Å². The first-order chi connectivity index (χ1) is 9.54. The number of aliphatic carboxylic acids is 1. The van der Waals surface area contributed by atoms with Crippen LogP contribution >= 0.6 is 0 Å². The van der Waals surface area contributed by atoms with Gasteiger partial charge in [-0.1, -0.05) is 12.8 Å². The second-order valence-electron chi connectivity index (χ2n) is 5.61. The van der Waals surface area contributed by atoms with Crippen LogP contribution in [0.2, 0.25) is 0 Å². The van der Waals surface area contributed by atoms with Gasteiger partial charge in [-0.25, -0.2) is 0 Å². The van der Waals surface area contributed by atoms with Gasteiger partial charge >= 0.3 is 5.97 Å². The molecule has 1 N–H and O–H groups in total. The molecule has 0 aromatic heterocycles. The maximum Gasteiger partial charge on any atom is 0.303 e. The molecule has 1 fully saturated rings. The van der Waals surface area contributed by atoms with Crippen LogP contribution in [-0.2, 0) is 4.79 Å². The van der Waals surface area contributed by atoms with Crippen LogP contribution in [0, 0.1) is 5.41 Å². The molecule has 0 bridgehead atoms. The summed E-state index contributed by atoms with van der Waals surface area (Å²) in [4.78, 5) is 23.4. The lowest BCUT2D eigenvalue weighted by Gasteiger charge is -2.26. The van der Waals surface area contributed by atoms with Crippen LogP contribution in [0.3, 0.4) is 0 Å². The van der Waals surface area contributed by atoms with Crippen molar-refractivity contribution in [2.45, 2.75) is 38.5 Å². The number of carboxylic acid groups (broad SMARTS) is 1. The number of methoxy groups -OCH3 is 1. The molecule has 20 heavy (non-hydrogen) atoms. The molecule has 0 amide bonds. The van der Waals surface area contributed by atoms with Crippen LogP contribution in [0.1, 0.15) is 48.9 Å². The maximum atomic E-state index is 12.4. The zero-order valence-corrected chi connectivity index (χ0v) is 11.7. The SMILES string of the molecule is COc1ccc(C(=O)CC2(CC(=O)O)CCCC2)cc1. The van der Waals surface area contributed by atoms with Gasteiger partial charge in [0.1, 0.15) is 5.75 Å². The number of ether oxygens (including phenoxy) is 1. The fraction of sp³-hybridized carbons (Fsp3) is 0.500. The Morgan fingerprint density at radius 2 is 1.75 bits per heavy atom. The first kappa shape index (κ1) is 14.6. The molecule has 1 aliphatic carbocycles. The number of hydrogen-bond donors (Lipinski definition) is 1. The first-order valence-corrected chi connectivity index (χ1v) is 6.94. The molecule has 0 heterocycles. The Balaban J connectivity index is 2.09. The average molecular weight is 276 g/mol. The number of ketones is 1. The summed E-state index contributed by atoms with van der Waals surface area (Å²) in [5, 5.41) is 9.06. The minimum Gasteiger partial charge on any atom is -0.497 e. The third-order valence-corrected chi connectivity index (χ3v) is 4.14. The predicted molar refractivity (Wildman–Crippen MR) is 75.1 cm³/mol.